The van der Waals surface area contributed by atoms with E-state index >= 15 is 0 Å². The molecule has 2 N–H and O–H groups in total. The molecule has 1 unspecified atom stereocenters. The first-order chi connectivity index (χ1) is 15.3. The lowest BCUT2D eigenvalue weighted by molar-refractivity contribution is -0.137. The van der Waals surface area contributed by atoms with E-state index in [1.54, 1.807) is 24.3 Å². The van der Waals surface area contributed by atoms with Crippen molar-refractivity contribution in [3.8, 4) is 5.75 Å². The van der Waals surface area contributed by atoms with Crippen LogP contribution in [0.4, 0.5) is 36.3 Å². The van der Waals surface area contributed by atoms with Crippen molar-refractivity contribution in [1.82, 2.24) is 9.97 Å². The lowest BCUT2D eigenvalue weighted by Crippen LogP contribution is -2.13. The highest BCUT2D eigenvalue weighted by molar-refractivity contribution is 5.64. The maximum Gasteiger partial charge on any atom is 0.421 e. The van der Waals surface area contributed by atoms with Crippen molar-refractivity contribution in [3.63, 3.8) is 0 Å². The van der Waals surface area contributed by atoms with E-state index in [2.05, 4.69) is 27.5 Å². The number of hydrogen-bond acceptors (Lipinski definition) is 5. The molecule has 0 bridgehead atoms. The number of halogens is 3. The molecule has 0 aliphatic carbocycles. The summed E-state index contributed by atoms with van der Waals surface area (Å²) in [5.74, 6) is 0.298. The number of rotatable bonds is 9. The maximum absolute atomic E-state index is 13.6. The Morgan fingerprint density at radius 1 is 1.00 bits per heavy atom. The molecular formula is C24H27F3N4O. The number of alkyl halides is 3. The van der Waals surface area contributed by atoms with Gasteiger partial charge in [0.05, 0.1) is 6.10 Å². The molecule has 0 saturated heterocycles. The molecule has 0 saturated carbocycles. The van der Waals surface area contributed by atoms with E-state index in [0.717, 1.165) is 25.5 Å². The van der Waals surface area contributed by atoms with Crippen molar-refractivity contribution in [1.29, 1.82) is 0 Å². The first-order valence-electron chi connectivity index (χ1n) is 10.6. The molecule has 1 heterocycles. The molecular weight excluding hydrogens is 417 g/mol. The number of hydrogen-bond donors (Lipinski definition) is 2. The summed E-state index contributed by atoms with van der Waals surface area (Å²) in [7, 11) is 0. The van der Waals surface area contributed by atoms with Crippen molar-refractivity contribution in [2.24, 2.45) is 0 Å². The van der Waals surface area contributed by atoms with Gasteiger partial charge in [0.2, 0.25) is 5.95 Å². The van der Waals surface area contributed by atoms with E-state index in [0.29, 0.717) is 17.1 Å². The minimum absolute atomic E-state index is 0.00504. The first kappa shape index (κ1) is 23.4. The van der Waals surface area contributed by atoms with Crippen molar-refractivity contribution < 1.29 is 17.9 Å². The van der Waals surface area contributed by atoms with E-state index in [1.165, 1.54) is 5.56 Å². The fourth-order valence-corrected chi connectivity index (χ4v) is 3.02. The average molecular weight is 445 g/mol. The van der Waals surface area contributed by atoms with E-state index in [1.807, 2.05) is 38.1 Å². The van der Waals surface area contributed by atoms with Gasteiger partial charge in [-0.3, -0.25) is 0 Å². The largest absolute Gasteiger partial charge is 0.491 e. The Labute approximate surface area is 186 Å². The predicted octanol–water partition coefficient (Wildman–Crippen LogP) is 7.11. The Morgan fingerprint density at radius 2 is 1.75 bits per heavy atom. The zero-order valence-corrected chi connectivity index (χ0v) is 18.3. The van der Waals surface area contributed by atoms with Crippen molar-refractivity contribution in [2.75, 3.05) is 10.6 Å². The number of benzene rings is 2. The number of nitrogens with zero attached hydrogens (tertiary/aromatic N) is 2. The second kappa shape index (κ2) is 10.3. The second-order valence-electron chi connectivity index (χ2n) is 7.52. The number of aromatic nitrogens is 2. The number of ether oxygens (including phenoxy) is 1. The molecule has 3 rings (SSSR count). The van der Waals surface area contributed by atoms with Gasteiger partial charge in [0.25, 0.3) is 0 Å². The zero-order valence-electron chi connectivity index (χ0n) is 18.3. The Hall–Kier alpha value is -3.29. The van der Waals surface area contributed by atoms with Crippen LogP contribution in [0.5, 0.6) is 5.75 Å². The summed E-state index contributed by atoms with van der Waals surface area (Å²) in [5, 5.41) is 5.74. The van der Waals surface area contributed by atoms with Crippen LogP contribution in [0.3, 0.4) is 0 Å². The van der Waals surface area contributed by atoms with Crippen LogP contribution in [0, 0.1) is 0 Å². The lowest BCUT2D eigenvalue weighted by Gasteiger charge is -2.16. The first-order valence-corrected chi connectivity index (χ1v) is 10.6. The third-order valence-corrected chi connectivity index (χ3v) is 4.85. The van der Waals surface area contributed by atoms with Gasteiger partial charge >= 0.3 is 6.18 Å². The van der Waals surface area contributed by atoms with Crippen LogP contribution < -0.4 is 15.4 Å². The summed E-state index contributed by atoms with van der Waals surface area (Å²) in [6, 6.07) is 14.4. The van der Waals surface area contributed by atoms with Crippen LogP contribution in [-0.4, -0.2) is 16.1 Å². The summed E-state index contributed by atoms with van der Waals surface area (Å²) in [6.45, 7) is 6.02. The highest BCUT2D eigenvalue weighted by Crippen LogP contribution is 2.35. The Morgan fingerprint density at radius 3 is 2.41 bits per heavy atom. The molecule has 0 amide bonds. The lowest BCUT2D eigenvalue weighted by atomic mass is 10.1. The van der Waals surface area contributed by atoms with Crippen LogP contribution in [-0.2, 0) is 12.6 Å². The summed E-state index contributed by atoms with van der Waals surface area (Å²) in [6.07, 6.45) is -1.01. The van der Waals surface area contributed by atoms with Gasteiger partial charge in [0, 0.05) is 23.6 Å². The van der Waals surface area contributed by atoms with Gasteiger partial charge in [0.1, 0.15) is 17.1 Å². The highest BCUT2D eigenvalue weighted by Gasteiger charge is 2.35. The fraction of sp³-hybridized carbons (Fsp3) is 0.333. The van der Waals surface area contributed by atoms with Gasteiger partial charge in [-0.2, -0.15) is 18.2 Å². The molecule has 0 radical (unpaired) electrons. The SMILES string of the molecule is CCCc1ccc(Nc2ncc(C(F)(F)F)c(Nc3cccc(OC(C)CC)c3)n2)cc1. The van der Waals surface area contributed by atoms with Gasteiger partial charge in [-0.05, 0) is 49.6 Å². The van der Waals surface area contributed by atoms with Gasteiger partial charge in [0.15, 0.2) is 0 Å². The third kappa shape index (κ3) is 6.35. The molecule has 2 aromatic carbocycles. The monoisotopic (exact) mass is 444 g/mol. The van der Waals surface area contributed by atoms with E-state index in [9.17, 15) is 13.2 Å². The number of aryl methyl sites for hydroxylation is 1. The molecule has 170 valence electrons. The Bertz CT molecular complexity index is 1020. The normalized spacial score (nSPS) is 12.3. The fourth-order valence-electron chi connectivity index (χ4n) is 3.02. The van der Waals surface area contributed by atoms with Crippen molar-refractivity contribution in [2.45, 2.75) is 52.3 Å². The minimum atomic E-state index is -4.60. The molecule has 1 aromatic heterocycles. The van der Waals surface area contributed by atoms with Gasteiger partial charge < -0.3 is 15.4 Å². The quantitative estimate of drug-likeness (QED) is 0.368. The molecule has 0 aliphatic heterocycles. The van der Waals surface area contributed by atoms with Gasteiger partial charge in [-0.1, -0.05) is 38.5 Å². The maximum atomic E-state index is 13.6. The Kier molecular flexibility index (Phi) is 7.56. The number of nitrogens with one attached hydrogen (secondary N) is 2. The Balaban J connectivity index is 1.86. The molecule has 1 atom stereocenters. The van der Waals surface area contributed by atoms with Gasteiger partial charge in [-0.15, -0.1) is 0 Å². The zero-order chi connectivity index (χ0) is 23.1. The molecule has 5 nitrogen and oxygen atoms in total. The van der Waals surface area contributed by atoms with Gasteiger partial charge in [-0.25, -0.2) is 4.98 Å². The van der Waals surface area contributed by atoms with Crippen LogP contribution in [0.1, 0.15) is 44.7 Å². The van der Waals surface area contributed by atoms with Crippen molar-refractivity contribution in [3.05, 3.63) is 65.9 Å². The van der Waals surface area contributed by atoms with E-state index in [4.69, 9.17) is 4.74 Å². The molecule has 8 heteroatoms. The highest BCUT2D eigenvalue weighted by atomic mass is 19.4. The minimum Gasteiger partial charge on any atom is -0.491 e. The number of anilines is 4. The van der Waals surface area contributed by atoms with Crippen LogP contribution in [0.2, 0.25) is 0 Å². The molecule has 32 heavy (non-hydrogen) atoms. The average Bonchev–Trinajstić information content (AvgIpc) is 2.75. The summed E-state index contributed by atoms with van der Waals surface area (Å²) in [5.41, 5.74) is 1.37. The summed E-state index contributed by atoms with van der Waals surface area (Å²) < 4.78 is 46.4. The molecule has 0 spiro atoms. The molecule has 3 aromatic rings. The molecule has 0 fully saturated rings. The second-order valence-corrected chi connectivity index (χ2v) is 7.52. The summed E-state index contributed by atoms with van der Waals surface area (Å²) >= 11 is 0. The van der Waals surface area contributed by atoms with Crippen LogP contribution in [0.15, 0.2) is 54.7 Å². The predicted molar refractivity (Wildman–Crippen MR) is 121 cm³/mol. The van der Waals surface area contributed by atoms with Crippen LogP contribution >= 0.6 is 0 Å². The molecule has 0 aliphatic rings. The topological polar surface area (TPSA) is 59.1 Å². The summed E-state index contributed by atoms with van der Waals surface area (Å²) in [4.78, 5) is 7.96. The van der Waals surface area contributed by atoms with Crippen molar-refractivity contribution >= 4 is 23.1 Å². The standard InChI is InChI=1S/C24H27F3N4O/c1-4-7-17-10-12-18(13-11-17)30-23-28-15-21(24(25,26)27)22(31-23)29-19-8-6-9-20(14-19)32-16(3)5-2/h6,8-16H,4-5,7H2,1-3H3,(H2,28,29,30,31). The van der Waals surface area contributed by atoms with Crippen LogP contribution in [0.25, 0.3) is 0 Å². The van der Waals surface area contributed by atoms with E-state index in [-0.39, 0.29) is 17.9 Å². The van der Waals surface area contributed by atoms with E-state index < -0.39 is 11.7 Å². The third-order valence-electron chi connectivity index (χ3n) is 4.85. The smallest absolute Gasteiger partial charge is 0.421 e.